The Kier molecular flexibility index (Phi) is 2.94. The second-order valence-corrected chi connectivity index (χ2v) is 5.48. The minimum Gasteiger partial charge on any atom is -0.493 e. The van der Waals surface area contributed by atoms with Crippen molar-refractivity contribution in [2.45, 2.75) is 25.2 Å². The van der Waals surface area contributed by atoms with E-state index in [4.69, 9.17) is 14.2 Å². The van der Waals surface area contributed by atoms with Gasteiger partial charge in [0.05, 0.1) is 6.61 Å². The predicted molar refractivity (Wildman–Crippen MR) is 80.2 cm³/mol. The van der Waals surface area contributed by atoms with Gasteiger partial charge in [0.2, 0.25) is 17.7 Å². The van der Waals surface area contributed by atoms with Crippen molar-refractivity contribution in [1.29, 1.82) is 0 Å². The molecule has 0 aliphatic carbocycles. The molecule has 0 radical (unpaired) electrons. The van der Waals surface area contributed by atoms with Gasteiger partial charge >= 0.3 is 0 Å². The van der Waals surface area contributed by atoms with Gasteiger partial charge in [-0.25, -0.2) is 0 Å². The fourth-order valence-corrected chi connectivity index (χ4v) is 2.89. The third-order valence-corrected chi connectivity index (χ3v) is 4.02. The lowest BCUT2D eigenvalue weighted by molar-refractivity contribution is 0.0858. The van der Waals surface area contributed by atoms with Crippen molar-refractivity contribution in [2.24, 2.45) is 0 Å². The molecule has 0 saturated carbocycles. The Balaban J connectivity index is 1.78. The standard InChI is InChI=1S/C18H16O4/c1-2-11-20-13-9-6-10-14-15(13)16(19)18(17(21-14)22-18)12-7-4-3-5-8-12/h3-10,17H,2,11H2,1H3. The van der Waals surface area contributed by atoms with Gasteiger partial charge in [-0.2, -0.15) is 0 Å². The molecule has 0 bridgehead atoms. The molecular weight excluding hydrogens is 280 g/mol. The van der Waals surface area contributed by atoms with E-state index in [9.17, 15) is 4.79 Å². The molecule has 2 heterocycles. The van der Waals surface area contributed by atoms with Crippen LogP contribution >= 0.6 is 0 Å². The molecule has 4 rings (SSSR count). The summed E-state index contributed by atoms with van der Waals surface area (Å²) in [7, 11) is 0. The van der Waals surface area contributed by atoms with Gasteiger partial charge in [-0.1, -0.05) is 43.3 Å². The first kappa shape index (κ1) is 13.3. The smallest absolute Gasteiger partial charge is 0.242 e. The number of fused-ring (bicyclic) bond motifs is 2. The van der Waals surface area contributed by atoms with Gasteiger partial charge in [-0.3, -0.25) is 4.79 Å². The largest absolute Gasteiger partial charge is 0.493 e. The van der Waals surface area contributed by atoms with E-state index in [1.165, 1.54) is 0 Å². The number of Topliss-reactive ketones (excluding diaryl/α,β-unsaturated/α-hetero) is 1. The van der Waals surface area contributed by atoms with Crippen molar-refractivity contribution < 1.29 is 19.0 Å². The summed E-state index contributed by atoms with van der Waals surface area (Å²) < 4.78 is 17.2. The van der Waals surface area contributed by atoms with Crippen molar-refractivity contribution in [3.8, 4) is 11.5 Å². The monoisotopic (exact) mass is 296 g/mol. The fraction of sp³-hybridized carbons (Fsp3) is 0.278. The number of ether oxygens (including phenoxy) is 3. The summed E-state index contributed by atoms with van der Waals surface area (Å²) in [4.78, 5) is 13.1. The minimum atomic E-state index is -1.01. The number of hydrogen-bond donors (Lipinski definition) is 0. The summed E-state index contributed by atoms with van der Waals surface area (Å²) in [6, 6.07) is 14.9. The number of ketones is 1. The molecule has 1 fully saturated rings. The molecular formula is C18H16O4. The molecule has 0 N–H and O–H groups in total. The number of carbonyl (C=O) groups excluding carboxylic acids is 1. The van der Waals surface area contributed by atoms with Crippen molar-refractivity contribution >= 4 is 5.78 Å². The number of epoxide rings is 1. The Labute approximate surface area is 128 Å². The van der Waals surface area contributed by atoms with Crippen LogP contribution in [0.25, 0.3) is 0 Å². The van der Waals surface area contributed by atoms with Crippen LogP contribution in [0.2, 0.25) is 0 Å². The SMILES string of the molecule is CCCOc1cccc2c1C(=O)C1(c3ccccc3)OC1O2. The Morgan fingerprint density at radius 2 is 1.95 bits per heavy atom. The van der Waals surface area contributed by atoms with E-state index in [2.05, 4.69) is 0 Å². The lowest BCUT2D eigenvalue weighted by Gasteiger charge is -2.22. The molecule has 0 aromatic heterocycles. The summed E-state index contributed by atoms with van der Waals surface area (Å²) in [6.07, 6.45) is 0.332. The maximum absolute atomic E-state index is 13.1. The maximum Gasteiger partial charge on any atom is 0.242 e. The Morgan fingerprint density at radius 3 is 2.73 bits per heavy atom. The van der Waals surface area contributed by atoms with E-state index in [-0.39, 0.29) is 5.78 Å². The fourth-order valence-electron chi connectivity index (χ4n) is 2.89. The highest BCUT2D eigenvalue weighted by molar-refractivity contribution is 6.10. The van der Waals surface area contributed by atoms with Gasteiger partial charge < -0.3 is 14.2 Å². The highest BCUT2D eigenvalue weighted by atomic mass is 16.8. The zero-order chi connectivity index (χ0) is 15.2. The van der Waals surface area contributed by atoms with Crippen molar-refractivity contribution in [3.05, 3.63) is 59.7 Å². The van der Waals surface area contributed by atoms with Crippen LogP contribution in [0.1, 0.15) is 29.3 Å². The lowest BCUT2D eigenvalue weighted by atomic mass is 9.87. The van der Waals surface area contributed by atoms with Gasteiger partial charge in [0.25, 0.3) is 0 Å². The summed E-state index contributed by atoms with van der Waals surface area (Å²) in [5.41, 5.74) is 0.287. The van der Waals surface area contributed by atoms with Crippen LogP contribution < -0.4 is 9.47 Å². The minimum absolute atomic E-state index is 0.0864. The molecule has 22 heavy (non-hydrogen) atoms. The third-order valence-electron chi connectivity index (χ3n) is 4.02. The third kappa shape index (κ3) is 1.77. The molecule has 2 aromatic carbocycles. The van der Waals surface area contributed by atoms with E-state index in [0.717, 1.165) is 12.0 Å². The molecule has 4 heteroatoms. The quantitative estimate of drug-likeness (QED) is 0.812. The van der Waals surface area contributed by atoms with Gasteiger partial charge in [-0.15, -0.1) is 0 Å². The van der Waals surface area contributed by atoms with Crippen LogP contribution in [0, 0.1) is 0 Å². The summed E-state index contributed by atoms with van der Waals surface area (Å²) >= 11 is 0. The first-order valence-corrected chi connectivity index (χ1v) is 7.48. The Bertz CT molecular complexity index is 725. The number of benzene rings is 2. The molecule has 0 amide bonds. The highest BCUT2D eigenvalue weighted by Crippen LogP contribution is 2.55. The zero-order valence-electron chi connectivity index (χ0n) is 12.2. The Hall–Kier alpha value is -2.33. The average Bonchev–Trinajstić information content (AvgIpc) is 3.29. The first-order valence-electron chi connectivity index (χ1n) is 7.48. The molecule has 112 valence electrons. The topological polar surface area (TPSA) is 48.1 Å². The zero-order valence-corrected chi connectivity index (χ0v) is 12.2. The molecule has 4 nitrogen and oxygen atoms in total. The summed E-state index contributed by atoms with van der Waals surface area (Å²) in [5, 5.41) is 0. The van der Waals surface area contributed by atoms with Crippen molar-refractivity contribution in [3.63, 3.8) is 0 Å². The molecule has 2 unspecified atom stereocenters. The highest BCUT2D eigenvalue weighted by Gasteiger charge is 2.69. The van der Waals surface area contributed by atoms with Gasteiger partial charge in [0.15, 0.2) is 0 Å². The number of rotatable bonds is 4. The van der Waals surface area contributed by atoms with E-state index < -0.39 is 11.9 Å². The van der Waals surface area contributed by atoms with E-state index >= 15 is 0 Å². The normalized spacial score (nSPS) is 25.0. The second kappa shape index (κ2) is 4.85. The van der Waals surface area contributed by atoms with E-state index in [0.29, 0.717) is 23.7 Å². The van der Waals surface area contributed by atoms with Gasteiger partial charge in [-0.05, 0) is 24.1 Å². The number of hydrogen-bond acceptors (Lipinski definition) is 4. The maximum atomic E-state index is 13.1. The first-order chi connectivity index (χ1) is 10.8. The molecule has 2 aliphatic rings. The van der Waals surface area contributed by atoms with Crippen LogP contribution in [-0.2, 0) is 10.3 Å². The van der Waals surface area contributed by atoms with Crippen molar-refractivity contribution in [2.75, 3.05) is 6.61 Å². The van der Waals surface area contributed by atoms with Crippen LogP contribution in [0.3, 0.4) is 0 Å². The van der Waals surface area contributed by atoms with Gasteiger partial charge in [0, 0.05) is 0 Å². The van der Waals surface area contributed by atoms with E-state index in [1.807, 2.05) is 43.3 Å². The van der Waals surface area contributed by atoms with Crippen LogP contribution in [-0.4, -0.2) is 18.7 Å². The molecule has 2 aliphatic heterocycles. The van der Waals surface area contributed by atoms with Crippen LogP contribution in [0.4, 0.5) is 0 Å². The number of carbonyl (C=O) groups is 1. The lowest BCUT2D eigenvalue weighted by Crippen LogP contribution is -2.32. The average molecular weight is 296 g/mol. The van der Waals surface area contributed by atoms with Crippen LogP contribution in [0.15, 0.2) is 48.5 Å². The van der Waals surface area contributed by atoms with Crippen molar-refractivity contribution in [1.82, 2.24) is 0 Å². The summed E-state index contributed by atoms with van der Waals surface area (Å²) in [5.74, 6) is 1.01. The van der Waals surface area contributed by atoms with E-state index in [1.54, 1.807) is 12.1 Å². The van der Waals surface area contributed by atoms with Gasteiger partial charge in [0.1, 0.15) is 17.1 Å². The molecule has 0 spiro atoms. The second-order valence-electron chi connectivity index (χ2n) is 5.48. The predicted octanol–water partition coefficient (Wildman–Crippen LogP) is 3.30. The van der Waals surface area contributed by atoms with Crippen LogP contribution in [0.5, 0.6) is 11.5 Å². The summed E-state index contributed by atoms with van der Waals surface area (Å²) in [6.45, 7) is 2.59. The molecule has 2 aromatic rings. The molecule has 1 saturated heterocycles. The Morgan fingerprint density at radius 1 is 1.14 bits per heavy atom. The molecule has 2 atom stereocenters.